The zero-order chi connectivity index (χ0) is 18.1. The molecule has 1 atom stereocenters. The van der Waals surface area contributed by atoms with E-state index < -0.39 is 0 Å². The van der Waals surface area contributed by atoms with Crippen molar-refractivity contribution in [3.63, 3.8) is 0 Å². The van der Waals surface area contributed by atoms with E-state index >= 15 is 0 Å². The third kappa shape index (κ3) is 3.15. The van der Waals surface area contributed by atoms with Crippen LogP contribution in [0.25, 0.3) is 5.69 Å². The first-order valence-electron chi connectivity index (χ1n) is 9.13. The summed E-state index contributed by atoms with van der Waals surface area (Å²) in [6, 6.07) is 15.9. The molecule has 1 heterocycles. The van der Waals surface area contributed by atoms with Crippen molar-refractivity contribution in [3.05, 3.63) is 82.7 Å². The summed E-state index contributed by atoms with van der Waals surface area (Å²) in [6.45, 7) is 4.21. The van der Waals surface area contributed by atoms with E-state index in [4.69, 9.17) is 0 Å². The summed E-state index contributed by atoms with van der Waals surface area (Å²) >= 11 is 0. The fraction of sp³-hybridized carbons (Fsp3) is 0.273. The van der Waals surface area contributed by atoms with Gasteiger partial charge in [-0.05, 0) is 68.5 Å². The number of rotatable bonds is 3. The van der Waals surface area contributed by atoms with Gasteiger partial charge in [0.25, 0.3) is 5.91 Å². The Hall–Kier alpha value is -2.88. The summed E-state index contributed by atoms with van der Waals surface area (Å²) in [5.74, 6) is -0.0254. The van der Waals surface area contributed by atoms with Crippen molar-refractivity contribution in [2.75, 3.05) is 0 Å². The molecule has 0 saturated heterocycles. The Balaban J connectivity index is 1.64. The predicted molar refractivity (Wildman–Crippen MR) is 103 cm³/mol. The molecule has 4 heteroatoms. The Labute approximate surface area is 153 Å². The lowest BCUT2D eigenvalue weighted by molar-refractivity contribution is 0.0932. The van der Waals surface area contributed by atoms with Crippen LogP contribution >= 0.6 is 0 Å². The number of aryl methyl sites for hydroxylation is 2. The van der Waals surface area contributed by atoms with Crippen LogP contribution in [0.1, 0.15) is 51.6 Å². The van der Waals surface area contributed by atoms with E-state index in [0.717, 1.165) is 30.5 Å². The van der Waals surface area contributed by atoms with Gasteiger partial charge in [-0.25, -0.2) is 4.68 Å². The highest BCUT2D eigenvalue weighted by atomic mass is 16.1. The smallest absolute Gasteiger partial charge is 0.251 e. The van der Waals surface area contributed by atoms with Gasteiger partial charge in [0, 0.05) is 16.8 Å². The highest BCUT2D eigenvalue weighted by molar-refractivity contribution is 5.94. The Morgan fingerprint density at radius 1 is 1.12 bits per heavy atom. The number of amides is 1. The minimum atomic E-state index is -0.0254. The van der Waals surface area contributed by atoms with Crippen LogP contribution in [0.15, 0.2) is 54.7 Å². The Morgan fingerprint density at radius 3 is 2.58 bits per heavy atom. The first kappa shape index (κ1) is 16.6. The molecule has 3 aromatic rings. The normalized spacial score (nSPS) is 16.2. The van der Waals surface area contributed by atoms with Crippen LogP contribution < -0.4 is 5.32 Å². The highest BCUT2D eigenvalue weighted by Crippen LogP contribution is 2.31. The highest BCUT2D eigenvalue weighted by Gasteiger charge is 2.26. The molecule has 4 nitrogen and oxygen atoms in total. The number of hydrogen-bond donors (Lipinski definition) is 1. The maximum absolute atomic E-state index is 12.6. The van der Waals surface area contributed by atoms with Crippen molar-refractivity contribution < 1.29 is 4.79 Å². The molecular formula is C22H23N3O. The van der Waals surface area contributed by atoms with E-state index in [0.29, 0.717) is 5.56 Å². The fourth-order valence-electron chi connectivity index (χ4n) is 3.83. The molecule has 0 bridgehead atoms. The minimum Gasteiger partial charge on any atom is -0.345 e. The molecule has 0 aliphatic heterocycles. The van der Waals surface area contributed by atoms with E-state index in [9.17, 15) is 4.79 Å². The molecule has 4 rings (SSSR count). The number of hydrogen-bond acceptors (Lipinski definition) is 2. The van der Waals surface area contributed by atoms with Crippen molar-refractivity contribution in [3.8, 4) is 5.69 Å². The van der Waals surface area contributed by atoms with E-state index in [-0.39, 0.29) is 11.9 Å². The SMILES string of the molecule is Cc1cc(C)cc(-n2ncc3c2CCCC3NC(=O)c2ccccc2)c1. The maximum atomic E-state index is 12.6. The molecule has 1 aliphatic carbocycles. The summed E-state index contributed by atoms with van der Waals surface area (Å²) in [7, 11) is 0. The summed E-state index contributed by atoms with van der Waals surface area (Å²) in [6.07, 6.45) is 4.90. The molecule has 0 radical (unpaired) electrons. The number of carbonyl (C=O) groups is 1. The molecular weight excluding hydrogens is 322 g/mol. The van der Waals surface area contributed by atoms with Crippen LogP contribution in [0.5, 0.6) is 0 Å². The summed E-state index contributed by atoms with van der Waals surface area (Å²) in [5.41, 5.74) is 6.60. The van der Waals surface area contributed by atoms with Gasteiger partial charge in [0.15, 0.2) is 0 Å². The second-order valence-corrected chi connectivity index (χ2v) is 7.09. The summed E-state index contributed by atoms with van der Waals surface area (Å²) in [4.78, 5) is 12.6. The quantitative estimate of drug-likeness (QED) is 0.769. The van der Waals surface area contributed by atoms with E-state index in [2.05, 4.69) is 42.5 Å². The van der Waals surface area contributed by atoms with Crippen molar-refractivity contribution in [1.29, 1.82) is 0 Å². The zero-order valence-corrected chi connectivity index (χ0v) is 15.2. The molecule has 0 spiro atoms. The molecule has 1 aliphatic rings. The lowest BCUT2D eigenvalue weighted by atomic mass is 9.92. The largest absolute Gasteiger partial charge is 0.345 e. The van der Waals surface area contributed by atoms with Crippen LogP contribution in [0, 0.1) is 13.8 Å². The predicted octanol–water partition coefficient (Wildman–Crippen LogP) is 4.30. The van der Waals surface area contributed by atoms with Crippen LogP contribution in [-0.2, 0) is 6.42 Å². The second kappa shape index (κ2) is 6.79. The lowest BCUT2D eigenvalue weighted by Gasteiger charge is -2.24. The van der Waals surface area contributed by atoms with Gasteiger partial charge < -0.3 is 5.32 Å². The van der Waals surface area contributed by atoms with Gasteiger partial charge in [-0.15, -0.1) is 0 Å². The molecule has 0 saturated carbocycles. The van der Waals surface area contributed by atoms with E-state index in [1.807, 2.05) is 41.2 Å². The number of nitrogens with one attached hydrogen (secondary N) is 1. The maximum Gasteiger partial charge on any atom is 0.251 e. The van der Waals surface area contributed by atoms with Crippen molar-refractivity contribution in [2.45, 2.75) is 39.2 Å². The van der Waals surface area contributed by atoms with Gasteiger partial charge in [-0.1, -0.05) is 24.3 Å². The third-order valence-electron chi connectivity index (χ3n) is 4.98. The summed E-state index contributed by atoms with van der Waals surface area (Å²) in [5, 5.41) is 7.83. The van der Waals surface area contributed by atoms with Crippen molar-refractivity contribution >= 4 is 5.91 Å². The van der Waals surface area contributed by atoms with Gasteiger partial charge in [0.2, 0.25) is 0 Å². The number of aromatic nitrogens is 2. The molecule has 1 unspecified atom stereocenters. The van der Waals surface area contributed by atoms with E-state index in [1.54, 1.807) is 0 Å². The van der Waals surface area contributed by atoms with Gasteiger partial charge in [-0.2, -0.15) is 5.10 Å². The van der Waals surface area contributed by atoms with Gasteiger partial charge >= 0.3 is 0 Å². The Bertz CT molecular complexity index is 923. The van der Waals surface area contributed by atoms with Crippen LogP contribution in [0.2, 0.25) is 0 Å². The number of fused-ring (bicyclic) bond motifs is 1. The molecule has 1 amide bonds. The minimum absolute atomic E-state index is 0.0195. The van der Waals surface area contributed by atoms with E-state index in [1.165, 1.54) is 16.8 Å². The van der Waals surface area contributed by atoms with Crippen molar-refractivity contribution in [2.24, 2.45) is 0 Å². The van der Waals surface area contributed by atoms with Gasteiger partial charge in [0.1, 0.15) is 0 Å². The molecule has 26 heavy (non-hydrogen) atoms. The van der Waals surface area contributed by atoms with Crippen LogP contribution in [0.4, 0.5) is 0 Å². The lowest BCUT2D eigenvalue weighted by Crippen LogP contribution is -2.30. The summed E-state index contributed by atoms with van der Waals surface area (Å²) < 4.78 is 2.04. The van der Waals surface area contributed by atoms with Gasteiger partial charge in [-0.3, -0.25) is 4.79 Å². The number of nitrogens with zero attached hydrogens (tertiary/aromatic N) is 2. The van der Waals surface area contributed by atoms with Crippen LogP contribution in [-0.4, -0.2) is 15.7 Å². The third-order valence-corrected chi connectivity index (χ3v) is 4.98. The standard InChI is InChI=1S/C22H23N3O/c1-15-11-16(2)13-18(12-15)25-21-10-6-9-20(19(21)14-23-25)24-22(26)17-7-4-3-5-8-17/h3-5,7-8,11-14,20H,6,9-10H2,1-2H3,(H,24,26). The second-order valence-electron chi connectivity index (χ2n) is 7.09. The van der Waals surface area contributed by atoms with Gasteiger partial charge in [0.05, 0.1) is 17.9 Å². The monoisotopic (exact) mass is 345 g/mol. The molecule has 1 N–H and O–H groups in total. The molecule has 1 aromatic heterocycles. The first-order valence-corrected chi connectivity index (χ1v) is 9.13. The fourth-order valence-corrected chi connectivity index (χ4v) is 3.83. The molecule has 2 aromatic carbocycles. The Morgan fingerprint density at radius 2 is 1.85 bits per heavy atom. The number of benzene rings is 2. The average Bonchev–Trinajstić information content (AvgIpc) is 3.07. The Kier molecular flexibility index (Phi) is 4.33. The molecule has 0 fully saturated rings. The van der Waals surface area contributed by atoms with Crippen LogP contribution in [0.3, 0.4) is 0 Å². The molecule has 132 valence electrons. The topological polar surface area (TPSA) is 46.9 Å². The first-order chi connectivity index (χ1) is 12.6. The number of carbonyl (C=O) groups excluding carboxylic acids is 1. The zero-order valence-electron chi connectivity index (χ0n) is 15.2. The average molecular weight is 345 g/mol. The van der Waals surface area contributed by atoms with Crippen molar-refractivity contribution in [1.82, 2.24) is 15.1 Å².